The fourth-order valence-electron chi connectivity index (χ4n) is 2.51. The molecular formula is C15H22F2N4O5. The molecule has 2 heterocycles. The van der Waals surface area contributed by atoms with E-state index in [0.717, 1.165) is 12.3 Å². The van der Waals surface area contributed by atoms with E-state index in [-0.39, 0.29) is 11.7 Å². The third-order valence-corrected chi connectivity index (χ3v) is 4.11. The van der Waals surface area contributed by atoms with Gasteiger partial charge in [0.25, 0.3) is 0 Å². The summed E-state index contributed by atoms with van der Waals surface area (Å²) in [6.45, 7) is 4.46. The highest BCUT2D eigenvalue weighted by atomic mass is 19.3. The van der Waals surface area contributed by atoms with Crippen LogP contribution in [0.5, 0.6) is 0 Å². The molecule has 5 N–H and O–H groups in total. The SMILES string of the molecule is CC(C)[C@H](N)C(=O)O[C@@H]1C([C@H](C)O)O[C@@H](n2ccc(N)nc2=O)C1(F)F. The van der Waals surface area contributed by atoms with Crippen LogP contribution in [0.25, 0.3) is 0 Å². The minimum Gasteiger partial charge on any atom is -0.452 e. The molecule has 5 atom stereocenters. The molecule has 146 valence electrons. The number of nitrogens with zero attached hydrogens (tertiary/aromatic N) is 2. The lowest BCUT2D eigenvalue weighted by Gasteiger charge is -2.26. The molecule has 11 heteroatoms. The van der Waals surface area contributed by atoms with E-state index in [4.69, 9.17) is 20.9 Å². The monoisotopic (exact) mass is 376 g/mol. The number of hydrogen-bond donors (Lipinski definition) is 3. The Morgan fingerprint density at radius 3 is 2.58 bits per heavy atom. The number of hydrogen-bond acceptors (Lipinski definition) is 8. The molecule has 1 fully saturated rings. The topological polar surface area (TPSA) is 143 Å². The number of rotatable bonds is 5. The van der Waals surface area contributed by atoms with E-state index in [9.17, 15) is 23.5 Å². The molecule has 0 radical (unpaired) electrons. The summed E-state index contributed by atoms with van der Waals surface area (Å²) in [5.41, 5.74) is 9.92. The molecule has 1 unspecified atom stereocenters. The number of carbonyl (C=O) groups excluding carboxylic acids is 1. The second-order valence-corrected chi connectivity index (χ2v) is 6.54. The first-order valence-corrected chi connectivity index (χ1v) is 7.98. The molecule has 0 amide bonds. The van der Waals surface area contributed by atoms with E-state index < -0.39 is 48.2 Å². The summed E-state index contributed by atoms with van der Waals surface area (Å²) in [5, 5.41) is 9.79. The van der Waals surface area contributed by atoms with E-state index >= 15 is 0 Å². The number of nitrogens with two attached hydrogens (primary N) is 2. The normalized spacial score (nSPS) is 27.3. The summed E-state index contributed by atoms with van der Waals surface area (Å²) in [7, 11) is 0. The Bertz CT molecular complexity index is 724. The maximum absolute atomic E-state index is 14.9. The highest BCUT2D eigenvalue weighted by molar-refractivity contribution is 5.76. The Kier molecular flexibility index (Phi) is 5.64. The van der Waals surface area contributed by atoms with Gasteiger partial charge in [0.15, 0.2) is 6.10 Å². The van der Waals surface area contributed by atoms with Crippen molar-refractivity contribution in [3.63, 3.8) is 0 Å². The number of ether oxygens (including phenoxy) is 2. The predicted molar refractivity (Wildman–Crippen MR) is 86.1 cm³/mol. The van der Waals surface area contributed by atoms with Crippen LogP contribution in [0.2, 0.25) is 0 Å². The fourth-order valence-corrected chi connectivity index (χ4v) is 2.51. The van der Waals surface area contributed by atoms with E-state index in [0.29, 0.717) is 4.57 Å². The Morgan fingerprint density at radius 1 is 1.46 bits per heavy atom. The van der Waals surface area contributed by atoms with Gasteiger partial charge >= 0.3 is 17.6 Å². The van der Waals surface area contributed by atoms with Gasteiger partial charge in [-0.15, -0.1) is 0 Å². The Labute approximate surface area is 147 Å². The van der Waals surface area contributed by atoms with E-state index in [1.807, 2.05) is 0 Å². The van der Waals surface area contributed by atoms with Crippen LogP contribution < -0.4 is 17.2 Å². The molecule has 1 aliphatic rings. The van der Waals surface area contributed by atoms with Crippen LogP contribution in [0.4, 0.5) is 14.6 Å². The number of nitrogen functional groups attached to an aromatic ring is 1. The molecule has 1 aliphatic heterocycles. The second-order valence-electron chi connectivity index (χ2n) is 6.54. The summed E-state index contributed by atoms with van der Waals surface area (Å²) in [6.07, 6.45) is -6.24. The van der Waals surface area contributed by atoms with Gasteiger partial charge < -0.3 is 26.0 Å². The molecule has 1 saturated heterocycles. The van der Waals surface area contributed by atoms with Crippen molar-refractivity contribution >= 4 is 11.8 Å². The number of esters is 1. The number of carbonyl (C=O) groups is 1. The van der Waals surface area contributed by atoms with Crippen LogP contribution in [-0.2, 0) is 14.3 Å². The largest absolute Gasteiger partial charge is 0.452 e. The van der Waals surface area contributed by atoms with Crippen LogP contribution in [0.3, 0.4) is 0 Å². The molecule has 0 bridgehead atoms. The maximum Gasteiger partial charge on any atom is 0.351 e. The van der Waals surface area contributed by atoms with Gasteiger partial charge in [0.05, 0.1) is 6.10 Å². The quantitative estimate of drug-likeness (QED) is 0.591. The van der Waals surface area contributed by atoms with Crippen molar-refractivity contribution in [1.82, 2.24) is 9.55 Å². The van der Waals surface area contributed by atoms with E-state index in [1.54, 1.807) is 13.8 Å². The van der Waals surface area contributed by atoms with Crippen molar-refractivity contribution in [2.75, 3.05) is 5.73 Å². The number of aromatic nitrogens is 2. The van der Waals surface area contributed by atoms with Crippen LogP contribution in [0, 0.1) is 5.92 Å². The predicted octanol–water partition coefficient (Wildman–Crippen LogP) is -0.366. The lowest BCUT2D eigenvalue weighted by molar-refractivity contribution is -0.179. The minimum atomic E-state index is -3.82. The van der Waals surface area contributed by atoms with Gasteiger partial charge in [-0.2, -0.15) is 13.8 Å². The number of anilines is 1. The first-order chi connectivity index (χ1) is 12.0. The minimum absolute atomic E-state index is 0.148. The molecule has 0 saturated carbocycles. The lowest BCUT2D eigenvalue weighted by atomic mass is 10.0. The average molecular weight is 376 g/mol. The molecule has 1 aromatic heterocycles. The van der Waals surface area contributed by atoms with Crippen LogP contribution in [0.15, 0.2) is 17.1 Å². The highest BCUT2D eigenvalue weighted by Crippen LogP contribution is 2.45. The van der Waals surface area contributed by atoms with Crippen LogP contribution in [0.1, 0.15) is 27.0 Å². The van der Waals surface area contributed by atoms with Crippen molar-refractivity contribution in [3.8, 4) is 0 Å². The molecule has 9 nitrogen and oxygen atoms in total. The van der Waals surface area contributed by atoms with E-state index in [2.05, 4.69) is 4.98 Å². The summed E-state index contributed by atoms with van der Waals surface area (Å²) < 4.78 is 40.4. The van der Waals surface area contributed by atoms with Crippen molar-refractivity contribution in [1.29, 1.82) is 0 Å². The molecule has 26 heavy (non-hydrogen) atoms. The molecule has 0 spiro atoms. The fraction of sp³-hybridized carbons (Fsp3) is 0.667. The van der Waals surface area contributed by atoms with E-state index in [1.165, 1.54) is 6.92 Å². The van der Waals surface area contributed by atoms with Crippen molar-refractivity contribution in [2.45, 2.75) is 57.3 Å². The Hall–Kier alpha value is -2.11. The molecular weight excluding hydrogens is 354 g/mol. The summed E-state index contributed by atoms with van der Waals surface area (Å²) in [5.74, 6) is -5.37. The third-order valence-electron chi connectivity index (χ3n) is 4.11. The summed E-state index contributed by atoms with van der Waals surface area (Å²) in [4.78, 5) is 27.3. The standard InChI is InChI=1S/C15H22F2N4O5/c1-6(2)9(19)12(23)26-11-10(7(3)22)25-13(15(11,16)17)21-5-4-8(18)20-14(21)24/h4-7,9-11,13,22H,19H2,1-3H3,(H2,18,20,24)/t7-,9-,10?,11+,13+/m0/s1. The molecule has 1 aromatic rings. The van der Waals surface area contributed by atoms with Crippen LogP contribution >= 0.6 is 0 Å². The van der Waals surface area contributed by atoms with Gasteiger partial charge in [0.1, 0.15) is 18.0 Å². The Balaban J connectivity index is 2.38. The zero-order valence-corrected chi connectivity index (χ0v) is 14.5. The first kappa shape index (κ1) is 20.2. The number of alkyl halides is 2. The lowest BCUT2D eigenvalue weighted by Crippen LogP contribution is -2.49. The first-order valence-electron chi connectivity index (χ1n) is 7.98. The second kappa shape index (κ2) is 7.25. The van der Waals surface area contributed by atoms with Gasteiger partial charge in [-0.1, -0.05) is 13.8 Å². The van der Waals surface area contributed by atoms with Crippen molar-refractivity contribution in [2.24, 2.45) is 11.7 Å². The summed E-state index contributed by atoms with van der Waals surface area (Å²) >= 11 is 0. The smallest absolute Gasteiger partial charge is 0.351 e. The highest BCUT2D eigenvalue weighted by Gasteiger charge is 2.63. The van der Waals surface area contributed by atoms with Gasteiger partial charge in [0, 0.05) is 6.20 Å². The summed E-state index contributed by atoms with van der Waals surface area (Å²) in [6, 6.07) is 0.0205. The van der Waals surface area contributed by atoms with Crippen LogP contribution in [-0.4, -0.2) is 50.9 Å². The molecule has 0 aliphatic carbocycles. The van der Waals surface area contributed by atoms with Gasteiger partial charge in [-0.05, 0) is 18.9 Å². The molecule has 2 rings (SSSR count). The zero-order chi connectivity index (χ0) is 19.8. The zero-order valence-electron chi connectivity index (χ0n) is 14.5. The number of aliphatic hydroxyl groups is 1. The van der Waals surface area contributed by atoms with Gasteiger partial charge in [-0.25, -0.2) is 4.79 Å². The van der Waals surface area contributed by atoms with Crippen molar-refractivity contribution < 1.29 is 28.2 Å². The maximum atomic E-state index is 14.9. The Morgan fingerprint density at radius 2 is 2.08 bits per heavy atom. The van der Waals surface area contributed by atoms with Gasteiger partial charge in [-0.3, -0.25) is 9.36 Å². The number of halogens is 2. The average Bonchev–Trinajstić information content (AvgIpc) is 2.78. The number of aliphatic hydroxyl groups excluding tert-OH is 1. The molecule has 0 aromatic carbocycles. The van der Waals surface area contributed by atoms with Crippen molar-refractivity contribution in [3.05, 3.63) is 22.7 Å². The third kappa shape index (κ3) is 3.69. The van der Waals surface area contributed by atoms with Gasteiger partial charge in [0.2, 0.25) is 6.23 Å².